The molecule has 0 fully saturated rings. The SMILES string of the molecule is CCOC(=O)C1=C(C)NCN=C1c1ccccc1. The zero-order valence-electron chi connectivity index (χ0n) is 10.6. The molecular weight excluding hydrogens is 228 g/mol. The molecule has 0 spiro atoms. The van der Waals surface area contributed by atoms with E-state index in [-0.39, 0.29) is 5.97 Å². The Bertz CT molecular complexity index is 504. The fraction of sp³-hybridized carbons (Fsp3) is 0.286. The van der Waals surface area contributed by atoms with Crippen molar-refractivity contribution in [2.45, 2.75) is 13.8 Å². The van der Waals surface area contributed by atoms with E-state index in [1.54, 1.807) is 6.92 Å². The molecule has 0 atom stereocenters. The molecule has 2 rings (SSSR count). The molecule has 94 valence electrons. The summed E-state index contributed by atoms with van der Waals surface area (Å²) in [5, 5.41) is 3.06. The van der Waals surface area contributed by atoms with Crippen LogP contribution < -0.4 is 5.32 Å². The maximum atomic E-state index is 12.0. The van der Waals surface area contributed by atoms with Crippen LogP contribution in [0.3, 0.4) is 0 Å². The lowest BCUT2D eigenvalue weighted by Gasteiger charge is -2.19. The van der Waals surface area contributed by atoms with Gasteiger partial charge in [-0.3, -0.25) is 4.99 Å². The van der Waals surface area contributed by atoms with Crippen molar-refractivity contribution in [3.8, 4) is 0 Å². The number of carbonyl (C=O) groups is 1. The maximum Gasteiger partial charge on any atom is 0.342 e. The summed E-state index contributed by atoms with van der Waals surface area (Å²) in [6.07, 6.45) is 0. The summed E-state index contributed by atoms with van der Waals surface area (Å²) in [6.45, 7) is 4.50. The predicted octanol–water partition coefficient (Wildman–Crippen LogP) is 1.87. The quantitative estimate of drug-likeness (QED) is 0.826. The number of rotatable bonds is 3. The second-order valence-electron chi connectivity index (χ2n) is 3.93. The van der Waals surface area contributed by atoms with Crippen molar-refractivity contribution in [3.05, 3.63) is 47.2 Å². The Kier molecular flexibility index (Phi) is 3.77. The van der Waals surface area contributed by atoms with E-state index in [0.717, 1.165) is 11.3 Å². The van der Waals surface area contributed by atoms with Crippen LogP contribution >= 0.6 is 0 Å². The van der Waals surface area contributed by atoms with E-state index in [0.29, 0.717) is 24.6 Å². The third-order valence-corrected chi connectivity index (χ3v) is 2.72. The van der Waals surface area contributed by atoms with Gasteiger partial charge in [0.1, 0.15) is 12.2 Å². The Balaban J connectivity index is 2.40. The second kappa shape index (κ2) is 5.49. The minimum Gasteiger partial charge on any atom is -0.462 e. The number of hydrogen-bond donors (Lipinski definition) is 1. The largest absolute Gasteiger partial charge is 0.462 e. The average Bonchev–Trinajstić information content (AvgIpc) is 2.39. The Morgan fingerprint density at radius 1 is 1.39 bits per heavy atom. The third kappa shape index (κ3) is 2.42. The second-order valence-corrected chi connectivity index (χ2v) is 3.93. The van der Waals surface area contributed by atoms with Gasteiger partial charge in [0.2, 0.25) is 0 Å². The number of esters is 1. The highest BCUT2D eigenvalue weighted by Gasteiger charge is 2.24. The molecule has 0 unspecified atom stereocenters. The molecule has 0 bridgehead atoms. The molecule has 1 aliphatic heterocycles. The van der Waals surface area contributed by atoms with E-state index < -0.39 is 0 Å². The summed E-state index contributed by atoms with van der Waals surface area (Å²) in [5.41, 5.74) is 2.96. The molecule has 1 heterocycles. The van der Waals surface area contributed by atoms with Gasteiger partial charge in [0.25, 0.3) is 0 Å². The fourth-order valence-electron chi connectivity index (χ4n) is 1.87. The van der Waals surface area contributed by atoms with Crippen molar-refractivity contribution in [1.29, 1.82) is 0 Å². The van der Waals surface area contributed by atoms with Gasteiger partial charge in [0.15, 0.2) is 0 Å². The Hall–Kier alpha value is -2.10. The molecule has 0 aliphatic carbocycles. The molecule has 1 N–H and O–H groups in total. The standard InChI is InChI=1S/C14H16N2O2/c1-3-18-14(17)12-10(2)15-9-16-13(12)11-7-5-4-6-8-11/h4-8,15H,3,9H2,1-2H3. The molecule has 0 amide bonds. The molecule has 4 nitrogen and oxygen atoms in total. The van der Waals surface area contributed by atoms with Crippen LogP contribution in [0.15, 0.2) is 46.6 Å². The Labute approximate surface area is 106 Å². The first-order chi connectivity index (χ1) is 8.74. The summed E-state index contributed by atoms with van der Waals surface area (Å²) >= 11 is 0. The van der Waals surface area contributed by atoms with Gasteiger partial charge in [-0.2, -0.15) is 0 Å². The van der Waals surface area contributed by atoms with E-state index in [1.807, 2.05) is 37.3 Å². The van der Waals surface area contributed by atoms with Gasteiger partial charge in [0.05, 0.1) is 12.3 Å². The van der Waals surface area contributed by atoms with Crippen LogP contribution in [0.4, 0.5) is 0 Å². The van der Waals surface area contributed by atoms with Gasteiger partial charge < -0.3 is 10.1 Å². The summed E-state index contributed by atoms with van der Waals surface area (Å²) in [7, 11) is 0. The first-order valence-corrected chi connectivity index (χ1v) is 5.96. The lowest BCUT2D eigenvalue weighted by molar-refractivity contribution is -0.137. The topological polar surface area (TPSA) is 50.7 Å². The normalized spacial score (nSPS) is 14.9. The summed E-state index contributed by atoms with van der Waals surface area (Å²) in [6, 6.07) is 9.68. The number of carbonyl (C=O) groups excluding carboxylic acids is 1. The number of aliphatic imine (C=N–C) groups is 1. The average molecular weight is 244 g/mol. The lowest BCUT2D eigenvalue weighted by Crippen LogP contribution is -2.29. The van der Waals surface area contributed by atoms with E-state index in [2.05, 4.69) is 10.3 Å². The summed E-state index contributed by atoms with van der Waals surface area (Å²) in [4.78, 5) is 16.4. The first-order valence-electron chi connectivity index (χ1n) is 5.96. The van der Waals surface area contributed by atoms with Crippen molar-refractivity contribution < 1.29 is 9.53 Å². The monoisotopic (exact) mass is 244 g/mol. The number of nitrogens with zero attached hydrogens (tertiary/aromatic N) is 1. The van der Waals surface area contributed by atoms with Crippen LogP contribution in [-0.4, -0.2) is 25.0 Å². The smallest absolute Gasteiger partial charge is 0.342 e. The molecule has 0 aromatic heterocycles. The van der Waals surface area contributed by atoms with E-state index in [9.17, 15) is 4.79 Å². The van der Waals surface area contributed by atoms with Gasteiger partial charge >= 0.3 is 5.97 Å². The zero-order valence-corrected chi connectivity index (χ0v) is 10.6. The molecule has 1 aromatic rings. The Morgan fingerprint density at radius 3 is 2.78 bits per heavy atom. The molecule has 18 heavy (non-hydrogen) atoms. The Morgan fingerprint density at radius 2 is 2.11 bits per heavy atom. The van der Waals surface area contributed by atoms with Crippen LogP contribution in [0.25, 0.3) is 0 Å². The third-order valence-electron chi connectivity index (χ3n) is 2.72. The van der Waals surface area contributed by atoms with Gasteiger partial charge in [0, 0.05) is 11.3 Å². The van der Waals surface area contributed by atoms with Gasteiger partial charge in [-0.15, -0.1) is 0 Å². The van der Waals surface area contributed by atoms with Crippen LogP contribution in [0.1, 0.15) is 19.4 Å². The van der Waals surface area contributed by atoms with E-state index in [1.165, 1.54) is 0 Å². The zero-order chi connectivity index (χ0) is 13.0. The maximum absolute atomic E-state index is 12.0. The highest BCUT2D eigenvalue weighted by molar-refractivity contribution is 6.27. The number of benzene rings is 1. The summed E-state index contributed by atoms with van der Waals surface area (Å²) in [5.74, 6) is -0.329. The number of ether oxygens (including phenoxy) is 1. The number of hydrogen-bond acceptors (Lipinski definition) is 4. The highest BCUT2D eigenvalue weighted by Crippen LogP contribution is 2.17. The molecular formula is C14H16N2O2. The van der Waals surface area contributed by atoms with Crippen LogP contribution in [0.2, 0.25) is 0 Å². The van der Waals surface area contributed by atoms with Crippen LogP contribution in [-0.2, 0) is 9.53 Å². The summed E-state index contributed by atoms with van der Waals surface area (Å²) < 4.78 is 5.09. The lowest BCUT2D eigenvalue weighted by atomic mass is 10.00. The molecule has 1 aromatic carbocycles. The van der Waals surface area contributed by atoms with Crippen molar-refractivity contribution in [3.63, 3.8) is 0 Å². The number of allylic oxidation sites excluding steroid dienone is 1. The highest BCUT2D eigenvalue weighted by atomic mass is 16.5. The van der Waals surface area contributed by atoms with Crippen molar-refractivity contribution in [2.75, 3.05) is 13.3 Å². The van der Waals surface area contributed by atoms with Crippen molar-refractivity contribution in [1.82, 2.24) is 5.32 Å². The minimum atomic E-state index is -0.329. The van der Waals surface area contributed by atoms with Gasteiger partial charge in [-0.25, -0.2) is 4.79 Å². The molecule has 1 aliphatic rings. The van der Waals surface area contributed by atoms with E-state index >= 15 is 0 Å². The first kappa shape index (κ1) is 12.4. The van der Waals surface area contributed by atoms with Crippen molar-refractivity contribution in [2.24, 2.45) is 4.99 Å². The molecule has 0 radical (unpaired) electrons. The minimum absolute atomic E-state index is 0.329. The van der Waals surface area contributed by atoms with Crippen molar-refractivity contribution >= 4 is 11.7 Å². The van der Waals surface area contributed by atoms with Gasteiger partial charge in [-0.1, -0.05) is 30.3 Å². The molecule has 4 heteroatoms. The van der Waals surface area contributed by atoms with E-state index in [4.69, 9.17) is 4.74 Å². The predicted molar refractivity (Wildman–Crippen MR) is 70.3 cm³/mol. The fourth-order valence-corrected chi connectivity index (χ4v) is 1.87. The molecule has 0 saturated heterocycles. The number of nitrogens with one attached hydrogen (secondary N) is 1. The van der Waals surface area contributed by atoms with Gasteiger partial charge in [-0.05, 0) is 13.8 Å². The van der Waals surface area contributed by atoms with Crippen LogP contribution in [0.5, 0.6) is 0 Å². The van der Waals surface area contributed by atoms with Crippen LogP contribution in [0, 0.1) is 0 Å². The molecule has 0 saturated carbocycles.